The van der Waals surface area contributed by atoms with Gasteiger partial charge in [-0.1, -0.05) is 12.1 Å². The van der Waals surface area contributed by atoms with Gasteiger partial charge in [0, 0.05) is 13.1 Å². The molecule has 1 fully saturated rings. The third-order valence-electron chi connectivity index (χ3n) is 2.84. The Balaban J connectivity index is 2.34. The summed E-state index contributed by atoms with van der Waals surface area (Å²) < 4.78 is 50.5. The Hall–Kier alpha value is -1.16. The van der Waals surface area contributed by atoms with E-state index in [1.807, 2.05) is 0 Å². The molecule has 19 heavy (non-hydrogen) atoms. The fraction of sp³-hybridized carbons (Fsp3) is 0.400. The van der Waals surface area contributed by atoms with Crippen molar-refractivity contribution in [2.45, 2.75) is 17.7 Å². The fourth-order valence-corrected chi connectivity index (χ4v) is 4.01. The van der Waals surface area contributed by atoms with E-state index in [0.29, 0.717) is 13.1 Å². The molecular formula is C10H15N3O4S2. The van der Waals surface area contributed by atoms with Crippen molar-refractivity contribution in [3.8, 4) is 0 Å². The first-order valence-corrected chi connectivity index (χ1v) is 8.69. The van der Waals surface area contributed by atoms with E-state index in [9.17, 15) is 16.8 Å². The van der Waals surface area contributed by atoms with E-state index in [-0.39, 0.29) is 10.6 Å². The molecule has 0 unspecified atom stereocenters. The highest BCUT2D eigenvalue weighted by molar-refractivity contribution is 7.91. The molecular weight excluding hydrogens is 290 g/mol. The average Bonchev–Trinajstić information content (AvgIpc) is 2.81. The van der Waals surface area contributed by atoms with Crippen LogP contribution in [0.2, 0.25) is 0 Å². The number of para-hydroxylation sites is 1. The number of primary sulfonamides is 1. The Morgan fingerprint density at radius 2 is 1.63 bits per heavy atom. The minimum Gasteiger partial charge on any atom is -0.270 e. The predicted octanol–water partition coefficient (Wildman–Crippen LogP) is 0.0865. The number of nitrogens with two attached hydrogens (primary N) is 1. The molecule has 106 valence electrons. The Labute approximate surface area is 112 Å². The molecule has 1 aromatic carbocycles. The summed E-state index contributed by atoms with van der Waals surface area (Å²) in [6.07, 6.45) is 1.61. The summed E-state index contributed by atoms with van der Waals surface area (Å²) in [6.45, 7) is 0.875. The zero-order valence-electron chi connectivity index (χ0n) is 10.1. The topological polar surface area (TPSA) is 110 Å². The number of rotatable bonds is 4. The van der Waals surface area contributed by atoms with Crippen LogP contribution in [0.4, 0.5) is 5.69 Å². The number of benzene rings is 1. The Morgan fingerprint density at radius 3 is 2.21 bits per heavy atom. The molecule has 1 aliphatic rings. The van der Waals surface area contributed by atoms with Crippen LogP contribution >= 0.6 is 0 Å². The van der Waals surface area contributed by atoms with Crippen LogP contribution in [0, 0.1) is 0 Å². The number of hydrogen-bond acceptors (Lipinski definition) is 4. The SMILES string of the molecule is NS(=O)(=O)c1ccccc1NS(=O)(=O)N1CCCC1. The molecule has 7 nitrogen and oxygen atoms in total. The monoisotopic (exact) mass is 305 g/mol. The quantitative estimate of drug-likeness (QED) is 0.821. The number of nitrogens with zero attached hydrogens (tertiary/aromatic N) is 1. The molecule has 1 aliphatic heterocycles. The molecule has 1 saturated heterocycles. The van der Waals surface area contributed by atoms with E-state index in [4.69, 9.17) is 5.14 Å². The van der Waals surface area contributed by atoms with E-state index in [1.165, 1.54) is 28.6 Å². The largest absolute Gasteiger partial charge is 0.301 e. The lowest BCUT2D eigenvalue weighted by molar-refractivity contribution is 0.482. The van der Waals surface area contributed by atoms with Gasteiger partial charge >= 0.3 is 10.2 Å². The zero-order valence-corrected chi connectivity index (χ0v) is 11.7. The van der Waals surface area contributed by atoms with E-state index in [0.717, 1.165) is 12.8 Å². The Morgan fingerprint density at radius 1 is 1.05 bits per heavy atom. The highest BCUT2D eigenvalue weighted by Crippen LogP contribution is 2.22. The van der Waals surface area contributed by atoms with Crippen LogP contribution in [-0.2, 0) is 20.2 Å². The van der Waals surface area contributed by atoms with E-state index in [1.54, 1.807) is 0 Å². The van der Waals surface area contributed by atoms with E-state index in [2.05, 4.69) is 4.72 Å². The summed E-state index contributed by atoms with van der Waals surface area (Å²) in [4.78, 5) is -0.238. The van der Waals surface area contributed by atoms with Gasteiger partial charge in [0.2, 0.25) is 10.0 Å². The van der Waals surface area contributed by atoms with Crippen molar-refractivity contribution in [3.05, 3.63) is 24.3 Å². The second-order valence-electron chi connectivity index (χ2n) is 4.25. The second kappa shape index (κ2) is 5.08. The lowest BCUT2D eigenvalue weighted by Crippen LogP contribution is -2.34. The predicted molar refractivity (Wildman–Crippen MR) is 71.2 cm³/mol. The number of nitrogens with one attached hydrogen (secondary N) is 1. The second-order valence-corrected chi connectivity index (χ2v) is 7.45. The van der Waals surface area contributed by atoms with Crippen molar-refractivity contribution in [2.24, 2.45) is 5.14 Å². The Kier molecular flexibility index (Phi) is 3.81. The van der Waals surface area contributed by atoms with Crippen molar-refractivity contribution in [3.63, 3.8) is 0 Å². The maximum Gasteiger partial charge on any atom is 0.301 e. The molecule has 9 heteroatoms. The third-order valence-corrected chi connectivity index (χ3v) is 5.33. The lowest BCUT2D eigenvalue weighted by Gasteiger charge is -2.18. The van der Waals surface area contributed by atoms with E-state index >= 15 is 0 Å². The summed E-state index contributed by atoms with van der Waals surface area (Å²) in [6, 6.07) is 5.65. The molecule has 0 amide bonds. The van der Waals surface area contributed by atoms with Gasteiger partial charge in [0.15, 0.2) is 0 Å². The van der Waals surface area contributed by atoms with Crippen LogP contribution in [0.3, 0.4) is 0 Å². The lowest BCUT2D eigenvalue weighted by atomic mass is 10.3. The van der Waals surface area contributed by atoms with Crippen LogP contribution in [0.1, 0.15) is 12.8 Å². The highest BCUT2D eigenvalue weighted by atomic mass is 32.2. The molecule has 0 spiro atoms. The van der Waals surface area contributed by atoms with Crippen molar-refractivity contribution in [1.29, 1.82) is 0 Å². The smallest absolute Gasteiger partial charge is 0.270 e. The first kappa shape index (κ1) is 14.3. The van der Waals surface area contributed by atoms with Gasteiger partial charge in [-0.15, -0.1) is 0 Å². The van der Waals surface area contributed by atoms with Crippen LogP contribution in [0.25, 0.3) is 0 Å². The highest BCUT2D eigenvalue weighted by Gasteiger charge is 2.26. The molecule has 3 N–H and O–H groups in total. The molecule has 1 heterocycles. The summed E-state index contributed by atoms with van der Waals surface area (Å²) in [5, 5.41) is 5.05. The van der Waals surface area contributed by atoms with Crippen molar-refractivity contribution in [2.75, 3.05) is 17.8 Å². The van der Waals surface area contributed by atoms with Gasteiger partial charge in [-0.3, -0.25) is 4.72 Å². The van der Waals surface area contributed by atoms with Gasteiger partial charge in [-0.05, 0) is 25.0 Å². The summed E-state index contributed by atoms with van der Waals surface area (Å²) in [5.41, 5.74) is -0.0306. The van der Waals surface area contributed by atoms with Crippen molar-refractivity contribution in [1.82, 2.24) is 4.31 Å². The normalized spacial score (nSPS) is 17.5. The van der Waals surface area contributed by atoms with Gasteiger partial charge in [-0.25, -0.2) is 13.6 Å². The zero-order chi connectivity index (χ0) is 14.1. The Bertz CT molecular complexity index is 664. The molecule has 1 aromatic rings. The number of anilines is 1. The minimum atomic E-state index is -3.97. The standard InChI is InChI=1S/C10H15N3O4S2/c11-18(14,15)10-6-2-1-5-9(10)12-19(16,17)13-7-3-4-8-13/h1-2,5-6,12H,3-4,7-8H2,(H2,11,14,15). The van der Waals surface area contributed by atoms with Crippen LogP contribution < -0.4 is 9.86 Å². The molecule has 2 rings (SSSR count). The minimum absolute atomic E-state index is 0.0306. The van der Waals surface area contributed by atoms with Crippen LogP contribution in [-0.4, -0.2) is 34.2 Å². The molecule has 0 bridgehead atoms. The average molecular weight is 305 g/mol. The van der Waals surface area contributed by atoms with Gasteiger partial charge in [0.1, 0.15) is 4.90 Å². The summed E-state index contributed by atoms with van der Waals surface area (Å²) in [5.74, 6) is 0. The van der Waals surface area contributed by atoms with Crippen molar-refractivity contribution >= 4 is 25.9 Å². The van der Waals surface area contributed by atoms with E-state index < -0.39 is 20.2 Å². The van der Waals surface area contributed by atoms with Crippen LogP contribution in [0.15, 0.2) is 29.2 Å². The maximum absolute atomic E-state index is 12.1. The third kappa shape index (κ3) is 3.24. The van der Waals surface area contributed by atoms with Crippen LogP contribution in [0.5, 0.6) is 0 Å². The molecule has 0 aromatic heterocycles. The first-order valence-electron chi connectivity index (χ1n) is 5.70. The number of sulfonamides is 1. The van der Waals surface area contributed by atoms with Gasteiger partial charge in [0.25, 0.3) is 0 Å². The molecule has 0 atom stereocenters. The molecule has 0 saturated carbocycles. The van der Waals surface area contributed by atoms with Gasteiger partial charge < -0.3 is 0 Å². The fourth-order valence-electron chi connectivity index (χ4n) is 1.93. The maximum atomic E-state index is 12.1. The molecule has 0 aliphatic carbocycles. The first-order chi connectivity index (χ1) is 8.81. The number of hydrogen-bond donors (Lipinski definition) is 2. The summed E-state index contributed by atoms with van der Waals surface area (Å²) in [7, 11) is -7.71. The van der Waals surface area contributed by atoms with Crippen molar-refractivity contribution < 1.29 is 16.8 Å². The molecule has 0 radical (unpaired) electrons. The van der Waals surface area contributed by atoms with Gasteiger partial charge in [0.05, 0.1) is 5.69 Å². The summed E-state index contributed by atoms with van der Waals surface area (Å²) >= 11 is 0. The van der Waals surface area contributed by atoms with Gasteiger partial charge in [-0.2, -0.15) is 12.7 Å².